The molecule has 1 aromatic heterocycles. The Morgan fingerprint density at radius 1 is 0.966 bits per heavy atom. The van der Waals surface area contributed by atoms with Crippen LogP contribution in [0.4, 0.5) is 14.5 Å². The molecule has 0 fully saturated rings. The van der Waals surface area contributed by atoms with E-state index in [0.717, 1.165) is 12.1 Å². The zero-order valence-electron chi connectivity index (χ0n) is 15.3. The number of carbonyl (C=O) groups is 1. The van der Waals surface area contributed by atoms with Gasteiger partial charge in [0.2, 0.25) is 0 Å². The number of fused-ring (bicyclic) bond motifs is 1. The molecule has 0 radical (unpaired) electrons. The molecule has 4 rings (SSSR count). The summed E-state index contributed by atoms with van der Waals surface area (Å²) in [4.78, 5) is 29.8. The van der Waals surface area contributed by atoms with Crippen LogP contribution in [-0.4, -0.2) is 15.5 Å². The molecule has 0 aliphatic rings. The number of amides is 1. The number of rotatable bonds is 3. The molecule has 29 heavy (non-hydrogen) atoms. The molecule has 0 aliphatic heterocycles. The van der Waals surface area contributed by atoms with Crippen LogP contribution in [0.1, 0.15) is 16.2 Å². The van der Waals surface area contributed by atoms with Gasteiger partial charge in [-0.05, 0) is 55.5 Å². The maximum absolute atomic E-state index is 13.4. The second-order valence-electron chi connectivity index (χ2n) is 6.45. The first-order valence-corrected chi connectivity index (χ1v) is 8.79. The number of nitrogens with one attached hydrogen (secondary N) is 1. The lowest BCUT2D eigenvalue weighted by Crippen LogP contribution is -2.22. The average Bonchev–Trinajstić information content (AvgIpc) is 2.70. The fraction of sp³-hybridized carbons (Fsp3) is 0.0455. The first-order valence-electron chi connectivity index (χ1n) is 8.79. The van der Waals surface area contributed by atoms with Crippen LogP contribution in [0.5, 0.6) is 0 Å². The lowest BCUT2D eigenvalue weighted by molar-refractivity contribution is 0.102. The minimum Gasteiger partial charge on any atom is -0.322 e. The summed E-state index contributed by atoms with van der Waals surface area (Å²) in [6.07, 6.45) is 0. The van der Waals surface area contributed by atoms with Crippen molar-refractivity contribution in [2.45, 2.75) is 6.92 Å². The van der Waals surface area contributed by atoms with Crippen LogP contribution < -0.4 is 10.9 Å². The molecule has 0 bridgehead atoms. The van der Waals surface area contributed by atoms with Crippen molar-refractivity contribution in [1.29, 1.82) is 0 Å². The highest BCUT2D eigenvalue weighted by molar-refractivity contribution is 6.04. The Bertz CT molecular complexity index is 1320. The van der Waals surface area contributed by atoms with Gasteiger partial charge in [0.15, 0.2) is 11.6 Å². The minimum absolute atomic E-state index is 0.0185. The Kier molecular flexibility index (Phi) is 4.64. The third-order valence-electron chi connectivity index (χ3n) is 4.49. The van der Waals surface area contributed by atoms with Crippen molar-refractivity contribution >= 4 is 22.5 Å². The second-order valence-corrected chi connectivity index (χ2v) is 6.45. The van der Waals surface area contributed by atoms with E-state index in [4.69, 9.17) is 0 Å². The summed E-state index contributed by atoms with van der Waals surface area (Å²) in [5.41, 5.74) is 1.28. The van der Waals surface area contributed by atoms with Gasteiger partial charge in [0.25, 0.3) is 11.5 Å². The molecule has 0 saturated heterocycles. The molecular weight excluding hydrogens is 376 g/mol. The molecule has 0 aliphatic carbocycles. The van der Waals surface area contributed by atoms with Crippen molar-refractivity contribution in [3.8, 4) is 5.69 Å². The Morgan fingerprint density at radius 3 is 2.55 bits per heavy atom. The summed E-state index contributed by atoms with van der Waals surface area (Å²) in [6, 6.07) is 16.6. The van der Waals surface area contributed by atoms with Crippen LogP contribution in [0.15, 0.2) is 71.5 Å². The van der Waals surface area contributed by atoms with Gasteiger partial charge >= 0.3 is 0 Å². The third kappa shape index (κ3) is 3.50. The first kappa shape index (κ1) is 18.5. The smallest absolute Gasteiger partial charge is 0.265 e. The normalized spacial score (nSPS) is 10.9. The predicted octanol–water partition coefficient (Wildman–Crippen LogP) is 4.22. The van der Waals surface area contributed by atoms with Crippen LogP contribution in [0.2, 0.25) is 0 Å². The molecular formula is C22H15F2N3O2. The van der Waals surface area contributed by atoms with Crippen molar-refractivity contribution < 1.29 is 13.6 Å². The number of benzene rings is 3. The Morgan fingerprint density at radius 2 is 1.76 bits per heavy atom. The van der Waals surface area contributed by atoms with Crippen molar-refractivity contribution in [3.63, 3.8) is 0 Å². The summed E-state index contributed by atoms with van der Waals surface area (Å²) in [7, 11) is 0. The number of nitrogens with zero attached hydrogens (tertiary/aromatic N) is 2. The van der Waals surface area contributed by atoms with Gasteiger partial charge in [-0.2, -0.15) is 0 Å². The minimum atomic E-state index is -1.10. The summed E-state index contributed by atoms with van der Waals surface area (Å²) >= 11 is 0. The molecule has 1 heterocycles. The lowest BCUT2D eigenvalue weighted by Gasteiger charge is -2.13. The predicted molar refractivity (Wildman–Crippen MR) is 106 cm³/mol. The van der Waals surface area contributed by atoms with E-state index in [1.54, 1.807) is 49.4 Å². The van der Waals surface area contributed by atoms with E-state index in [2.05, 4.69) is 10.3 Å². The molecule has 4 aromatic rings. The summed E-state index contributed by atoms with van der Waals surface area (Å²) in [6.45, 7) is 1.72. The number of para-hydroxylation sites is 1. The Hall–Kier alpha value is -3.87. The quantitative estimate of drug-likeness (QED) is 0.569. The van der Waals surface area contributed by atoms with E-state index >= 15 is 0 Å². The number of hydrogen-bond acceptors (Lipinski definition) is 3. The van der Waals surface area contributed by atoms with Crippen LogP contribution in [0.3, 0.4) is 0 Å². The van der Waals surface area contributed by atoms with Gasteiger partial charge in [-0.1, -0.05) is 18.2 Å². The molecule has 0 unspecified atom stereocenters. The van der Waals surface area contributed by atoms with Crippen LogP contribution >= 0.6 is 0 Å². The Labute approximate surface area is 164 Å². The van der Waals surface area contributed by atoms with Gasteiger partial charge in [-0.25, -0.2) is 13.8 Å². The van der Waals surface area contributed by atoms with E-state index in [-0.39, 0.29) is 11.1 Å². The van der Waals surface area contributed by atoms with Crippen LogP contribution in [0.25, 0.3) is 16.6 Å². The van der Waals surface area contributed by atoms with Gasteiger partial charge in [0.1, 0.15) is 5.82 Å². The third-order valence-corrected chi connectivity index (χ3v) is 4.49. The van der Waals surface area contributed by atoms with Gasteiger partial charge in [-0.3, -0.25) is 14.2 Å². The van der Waals surface area contributed by atoms with E-state index in [0.29, 0.717) is 28.1 Å². The zero-order valence-corrected chi connectivity index (χ0v) is 15.3. The molecule has 1 N–H and O–H groups in total. The highest BCUT2D eigenvalue weighted by Gasteiger charge is 2.13. The van der Waals surface area contributed by atoms with Gasteiger partial charge in [0, 0.05) is 11.3 Å². The monoisotopic (exact) mass is 391 g/mol. The number of hydrogen-bond donors (Lipinski definition) is 1. The van der Waals surface area contributed by atoms with Crippen molar-refractivity contribution in [2.24, 2.45) is 0 Å². The van der Waals surface area contributed by atoms with Gasteiger partial charge in [-0.15, -0.1) is 0 Å². The highest BCUT2D eigenvalue weighted by atomic mass is 19.2. The average molecular weight is 391 g/mol. The molecule has 0 saturated carbocycles. The molecule has 144 valence electrons. The summed E-state index contributed by atoms with van der Waals surface area (Å²) in [5, 5.41) is 3.11. The van der Waals surface area contributed by atoms with E-state index in [9.17, 15) is 18.4 Å². The second kappa shape index (κ2) is 7.27. The molecule has 3 aromatic carbocycles. The van der Waals surface area contributed by atoms with Crippen molar-refractivity contribution in [1.82, 2.24) is 9.55 Å². The fourth-order valence-electron chi connectivity index (χ4n) is 3.11. The van der Waals surface area contributed by atoms with E-state index in [1.165, 1.54) is 10.6 Å². The zero-order chi connectivity index (χ0) is 20.5. The van der Waals surface area contributed by atoms with Crippen LogP contribution in [-0.2, 0) is 0 Å². The molecule has 0 spiro atoms. The standard InChI is InChI=1S/C22H15F2N3O2/c1-13-25-20-8-3-2-7-17(20)22(29)27(13)16-6-4-5-15(12-16)26-21(28)14-9-10-18(23)19(24)11-14/h2-12H,1H3,(H,26,28). The summed E-state index contributed by atoms with van der Waals surface area (Å²) in [5.74, 6) is -2.22. The Balaban J connectivity index is 1.71. The molecule has 0 atom stereocenters. The van der Waals surface area contributed by atoms with Gasteiger partial charge in [0.05, 0.1) is 16.6 Å². The van der Waals surface area contributed by atoms with Crippen molar-refractivity contribution in [3.05, 3.63) is 100 Å². The summed E-state index contributed by atoms with van der Waals surface area (Å²) < 4.78 is 27.9. The molecule has 7 heteroatoms. The number of anilines is 1. The molecule has 5 nitrogen and oxygen atoms in total. The largest absolute Gasteiger partial charge is 0.322 e. The molecule has 1 amide bonds. The number of aromatic nitrogens is 2. The fourth-order valence-corrected chi connectivity index (χ4v) is 3.11. The maximum Gasteiger partial charge on any atom is 0.265 e. The lowest BCUT2D eigenvalue weighted by atomic mass is 10.2. The van der Waals surface area contributed by atoms with Gasteiger partial charge < -0.3 is 5.32 Å². The highest BCUT2D eigenvalue weighted by Crippen LogP contribution is 2.18. The number of aryl methyl sites for hydroxylation is 1. The topological polar surface area (TPSA) is 64.0 Å². The van der Waals surface area contributed by atoms with E-state index < -0.39 is 17.5 Å². The maximum atomic E-state index is 13.4. The van der Waals surface area contributed by atoms with Crippen LogP contribution in [0, 0.1) is 18.6 Å². The first-order chi connectivity index (χ1) is 13.9. The SMILES string of the molecule is Cc1nc2ccccc2c(=O)n1-c1cccc(NC(=O)c2ccc(F)c(F)c2)c1. The number of halogens is 2. The number of carbonyl (C=O) groups excluding carboxylic acids is 1. The van der Waals surface area contributed by atoms with E-state index in [1.807, 2.05) is 6.07 Å². The van der Waals surface area contributed by atoms with Crippen molar-refractivity contribution in [2.75, 3.05) is 5.32 Å².